The van der Waals surface area contributed by atoms with Crippen molar-refractivity contribution in [3.8, 4) is 0 Å². The number of aromatic amines is 1. The van der Waals surface area contributed by atoms with E-state index in [4.69, 9.17) is 0 Å². The lowest BCUT2D eigenvalue weighted by Gasteiger charge is -2.19. The predicted molar refractivity (Wildman–Crippen MR) is 105 cm³/mol. The van der Waals surface area contributed by atoms with E-state index in [0.717, 1.165) is 12.8 Å². The van der Waals surface area contributed by atoms with Gasteiger partial charge in [-0.25, -0.2) is 5.10 Å². The summed E-state index contributed by atoms with van der Waals surface area (Å²) in [5, 5.41) is 6.66. The van der Waals surface area contributed by atoms with Gasteiger partial charge in [0.15, 0.2) is 5.69 Å². The predicted octanol–water partition coefficient (Wildman–Crippen LogP) is 0.249. The first-order chi connectivity index (χ1) is 14.5. The second kappa shape index (κ2) is 8.05. The molecule has 0 radical (unpaired) electrons. The molecule has 2 fully saturated rings. The first-order valence-electron chi connectivity index (χ1n) is 9.89. The zero-order chi connectivity index (χ0) is 21.3. The fourth-order valence-corrected chi connectivity index (χ4v) is 4.20. The van der Waals surface area contributed by atoms with E-state index in [-0.39, 0.29) is 42.3 Å². The molecule has 1 aliphatic heterocycles. The number of hydrogen-bond donors (Lipinski definition) is 3. The molecular formula is C20H21N5O5. The summed E-state index contributed by atoms with van der Waals surface area (Å²) in [5.74, 6) is -2.17. The molecule has 156 valence electrons. The van der Waals surface area contributed by atoms with Gasteiger partial charge in [-0.15, -0.1) is 0 Å². The third-order valence-corrected chi connectivity index (χ3v) is 5.72. The minimum absolute atomic E-state index is 0.0216. The molecule has 0 spiro atoms. The number of amides is 4. The Labute approximate surface area is 171 Å². The maximum absolute atomic E-state index is 12.4. The van der Waals surface area contributed by atoms with Crippen LogP contribution < -0.4 is 16.4 Å². The number of likely N-dealkylation sites (tertiary alicyclic amines) is 1. The normalized spacial score (nSPS) is 20.9. The smallest absolute Gasteiger partial charge is 0.282 e. The van der Waals surface area contributed by atoms with Gasteiger partial charge in [-0.2, -0.15) is 5.10 Å². The van der Waals surface area contributed by atoms with Crippen molar-refractivity contribution in [3.05, 3.63) is 40.3 Å². The van der Waals surface area contributed by atoms with Crippen LogP contribution in [0.1, 0.15) is 42.6 Å². The minimum Gasteiger partial charge on any atom is -0.282 e. The molecule has 4 amide bonds. The molecule has 1 aromatic heterocycles. The van der Waals surface area contributed by atoms with Crippen LogP contribution in [0.4, 0.5) is 0 Å². The van der Waals surface area contributed by atoms with Crippen LogP contribution in [0.25, 0.3) is 10.8 Å². The molecular weight excluding hydrogens is 390 g/mol. The maximum Gasteiger partial charge on any atom is 0.290 e. The van der Waals surface area contributed by atoms with Crippen molar-refractivity contribution in [1.82, 2.24) is 25.9 Å². The number of H-pyrrole nitrogens is 1. The molecule has 1 aliphatic carbocycles. The summed E-state index contributed by atoms with van der Waals surface area (Å²) in [6, 6.07) is 6.48. The Morgan fingerprint density at radius 3 is 2.30 bits per heavy atom. The molecule has 0 unspecified atom stereocenters. The van der Waals surface area contributed by atoms with Crippen molar-refractivity contribution in [2.75, 3.05) is 6.54 Å². The molecule has 2 aliphatic rings. The van der Waals surface area contributed by atoms with Crippen LogP contribution in [0.15, 0.2) is 29.1 Å². The number of hydrogen-bond acceptors (Lipinski definition) is 6. The van der Waals surface area contributed by atoms with E-state index in [1.807, 2.05) is 0 Å². The summed E-state index contributed by atoms with van der Waals surface area (Å²) in [6.07, 6.45) is 3.18. The lowest BCUT2D eigenvalue weighted by molar-refractivity contribution is -0.140. The molecule has 1 saturated carbocycles. The first-order valence-corrected chi connectivity index (χ1v) is 9.89. The third kappa shape index (κ3) is 3.56. The molecule has 1 saturated heterocycles. The lowest BCUT2D eigenvalue weighted by Crippen LogP contribution is -2.44. The van der Waals surface area contributed by atoms with Crippen molar-refractivity contribution in [1.29, 1.82) is 0 Å². The molecule has 0 bridgehead atoms. The fourth-order valence-electron chi connectivity index (χ4n) is 4.20. The Morgan fingerprint density at radius 1 is 1.00 bits per heavy atom. The number of imide groups is 1. The Morgan fingerprint density at radius 2 is 1.63 bits per heavy atom. The van der Waals surface area contributed by atoms with Gasteiger partial charge in [0.05, 0.1) is 17.2 Å². The van der Waals surface area contributed by atoms with Gasteiger partial charge in [0.2, 0.25) is 17.7 Å². The standard InChI is InChI=1S/C20H21N5O5/c26-15(9-10-25-19(29)13-7-3-4-8-14(13)20(25)30)21-24-18(28)16-11-5-1-2-6-12(11)17(27)23-22-16/h1-2,5-6,13-14H,3-4,7-10H2,(H,21,26)(H,23,27)(H,24,28)/t13-,14+. The van der Waals surface area contributed by atoms with Crippen molar-refractivity contribution in [2.45, 2.75) is 32.1 Å². The molecule has 2 heterocycles. The van der Waals surface area contributed by atoms with Crippen LogP contribution >= 0.6 is 0 Å². The van der Waals surface area contributed by atoms with Crippen LogP contribution in [0, 0.1) is 11.8 Å². The molecule has 10 nitrogen and oxygen atoms in total. The molecule has 3 N–H and O–H groups in total. The van der Waals surface area contributed by atoms with E-state index < -0.39 is 17.4 Å². The van der Waals surface area contributed by atoms with E-state index in [9.17, 15) is 24.0 Å². The van der Waals surface area contributed by atoms with Crippen LogP contribution in [0.3, 0.4) is 0 Å². The average Bonchev–Trinajstić information content (AvgIpc) is 3.01. The summed E-state index contributed by atoms with van der Waals surface area (Å²) in [7, 11) is 0. The number of hydrazine groups is 1. The molecule has 1 aromatic carbocycles. The zero-order valence-corrected chi connectivity index (χ0v) is 16.1. The average molecular weight is 411 g/mol. The number of carbonyl (C=O) groups is 4. The number of benzene rings is 1. The minimum atomic E-state index is -0.699. The van der Waals surface area contributed by atoms with Crippen molar-refractivity contribution in [2.24, 2.45) is 11.8 Å². The van der Waals surface area contributed by atoms with Crippen LogP contribution in [0.5, 0.6) is 0 Å². The quantitative estimate of drug-likeness (QED) is 0.486. The van der Waals surface area contributed by atoms with Crippen molar-refractivity contribution >= 4 is 34.4 Å². The van der Waals surface area contributed by atoms with Gasteiger partial charge in [-0.05, 0) is 18.9 Å². The van der Waals surface area contributed by atoms with E-state index in [1.54, 1.807) is 24.3 Å². The van der Waals surface area contributed by atoms with Gasteiger partial charge >= 0.3 is 0 Å². The Kier molecular flexibility index (Phi) is 5.30. The van der Waals surface area contributed by atoms with Gasteiger partial charge in [-0.3, -0.25) is 39.7 Å². The second-order valence-corrected chi connectivity index (χ2v) is 7.52. The van der Waals surface area contributed by atoms with E-state index >= 15 is 0 Å². The van der Waals surface area contributed by atoms with E-state index in [1.165, 1.54) is 4.90 Å². The van der Waals surface area contributed by atoms with Gasteiger partial charge in [-0.1, -0.05) is 31.0 Å². The van der Waals surface area contributed by atoms with E-state index in [2.05, 4.69) is 21.0 Å². The second-order valence-electron chi connectivity index (χ2n) is 7.52. The van der Waals surface area contributed by atoms with Gasteiger partial charge in [0, 0.05) is 18.4 Å². The monoisotopic (exact) mass is 411 g/mol. The highest BCUT2D eigenvalue weighted by molar-refractivity contribution is 6.06. The summed E-state index contributed by atoms with van der Waals surface area (Å²) in [6.45, 7) is -0.0216. The highest BCUT2D eigenvalue weighted by atomic mass is 16.2. The molecule has 4 rings (SSSR count). The van der Waals surface area contributed by atoms with Gasteiger partial charge in [0.1, 0.15) is 0 Å². The largest absolute Gasteiger partial charge is 0.290 e. The lowest BCUT2D eigenvalue weighted by atomic mass is 9.81. The number of aromatic nitrogens is 2. The first kappa shape index (κ1) is 19.7. The van der Waals surface area contributed by atoms with Crippen LogP contribution in [-0.2, 0) is 14.4 Å². The van der Waals surface area contributed by atoms with Crippen molar-refractivity contribution in [3.63, 3.8) is 0 Å². The Balaban J connectivity index is 1.34. The maximum atomic E-state index is 12.4. The molecule has 10 heteroatoms. The van der Waals surface area contributed by atoms with E-state index in [0.29, 0.717) is 23.6 Å². The highest BCUT2D eigenvalue weighted by Gasteiger charge is 2.47. The zero-order valence-electron chi connectivity index (χ0n) is 16.1. The van der Waals surface area contributed by atoms with Gasteiger partial charge < -0.3 is 0 Å². The summed E-state index contributed by atoms with van der Waals surface area (Å²) in [4.78, 5) is 62.3. The number of nitrogens with one attached hydrogen (secondary N) is 3. The summed E-state index contributed by atoms with van der Waals surface area (Å²) in [5.41, 5.74) is 4.04. The third-order valence-electron chi connectivity index (χ3n) is 5.72. The van der Waals surface area contributed by atoms with Crippen LogP contribution in [-0.4, -0.2) is 45.3 Å². The number of fused-ring (bicyclic) bond motifs is 2. The topological polar surface area (TPSA) is 141 Å². The number of nitrogens with zero attached hydrogens (tertiary/aromatic N) is 2. The van der Waals surface area contributed by atoms with Gasteiger partial charge in [0.25, 0.3) is 11.5 Å². The SMILES string of the molecule is O=C(CCN1C(=O)[C@H]2CCCC[C@H]2C1=O)NNC(=O)c1n[nH]c(=O)c2ccccc12. The number of rotatable bonds is 4. The van der Waals surface area contributed by atoms with Crippen molar-refractivity contribution < 1.29 is 19.2 Å². The Hall–Kier alpha value is -3.56. The molecule has 30 heavy (non-hydrogen) atoms. The van der Waals surface area contributed by atoms with Crippen LogP contribution in [0.2, 0.25) is 0 Å². The molecule has 2 atom stereocenters. The number of carbonyl (C=O) groups excluding carboxylic acids is 4. The highest BCUT2D eigenvalue weighted by Crippen LogP contribution is 2.37. The molecule has 2 aromatic rings. The fraction of sp³-hybridized carbons (Fsp3) is 0.400. The summed E-state index contributed by atoms with van der Waals surface area (Å²) < 4.78 is 0. The Bertz CT molecular complexity index is 1070. The summed E-state index contributed by atoms with van der Waals surface area (Å²) >= 11 is 0.